The minimum absolute atomic E-state index is 0.110. The third-order valence-electron chi connectivity index (χ3n) is 4.51. The quantitative estimate of drug-likeness (QED) is 0.616. The Morgan fingerprint density at radius 1 is 0.905 bits per heavy atom. The Balaban J connectivity index is 2.73. The molecule has 0 bridgehead atoms. The lowest BCUT2D eigenvalue weighted by Crippen LogP contribution is -2.65. The average Bonchev–Trinajstić information content (AvgIpc) is 2.54. The molecule has 3 heteroatoms. The average molecular weight is 363 g/mol. The molecule has 0 unspecified atom stereocenters. The van der Waals surface area contributed by atoms with Crippen molar-refractivity contribution < 1.29 is 5.11 Å². The van der Waals surface area contributed by atoms with Gasteiger partial charge in [0.1, 0.15) is 8.07 Å². The number of rotatable bonds is 6. The zero-order chi connectivity index (χ0) is 15.3. The smallest absolute Gasteiger partial charge is 0.126 e. The van der Waals surface area contributed by atoms with Crippen molar-refractivity contribution in [1.29, 1.82) is 0 Å². The maximum absolute atomic E-state index is 9.80. The zero-order valence-corrected chi connectivity index (χ0v) is 15.3. The molecule has 0 aliphatic rings. The van der Waals surface area contributed by atoms with E-state index in [2.05, 4.69) is 90.4 Å². The van der Waals surface area contributed by atoms with Crippen LogP contribution in [-0.4, -0.2) is 25.1 Å². The second-order valence-corrected chi connectivity index (χ2v) is 11.5. The van der Waals surface area contributed by atoms with E-state index < -0.39 is 8.07 Å². The summed E-state index contributed by atoms with van der Waals surface area (Å²) in [5.41, 5.74) is 0. The van der Waals surface area contributed by atoms with Crippen molar-refractivity contribution in [1.82, 2.24) is 0 Å². The standard InChI is InChI=1S/C18H23BrOSi/c1-18(2,15-19)21(14-13-20,16-9-5-3-6-10-16)17-11-7-4-8-12-17/h3-12,20H,13-15H2,1-2H3. The summed E-state index contributed by atoms with van der Waals surface area (Å²) in [4.78, 5) is 0. The maximum atomic E-state index is 9.80. The number of hydrogen-bond acceptors (Lipinski definition) is 1. The van der Waals surface area contributed by atoms with Crippen LogP contribution in [0.4, 0.5) is 0 Å². The highest BCUT2D eigenvalue weighted by Gasteiger charge is 2.48. The fourth-order valence-corrected chi connectivity index (χ4v) is 9.98. The number of aliphatic hydroxyl groups is 1. The van der Waals surface area contributed by atoms with Crippen LogP contribution in [-0.2, 0) is 0 Å². The molecule has 1 nitrogen and oxygen atoms in total. The van der Waals surface area contributed by atoms with Crippen LogP contribution >= 0.6 is 15.9 Å². The van der Waals surface area contributed by atoms with Crippen LogP contribution in [0.2, 0.25) is 11.1 Å². The Bertz CT molecular complexity index is 514. The molecule has 0 aliphatic heterocycles. The highest BCUT2D eigenvalue weighted by molar-refractivity contribution is 9.09. The summed E-state index contributed by atoms with van der Waals surface area (Å²) >= 11 is 3.72. The van der Waals surface area contributed by atoms with Crippen molar-refractivity contribution in [2.24, 2.45) is 0 Å². The molecule has 1 N–H and O–H groups in total. The van der Waals surface area contributed by atoms with Gasteiger partial charge in [-0.2, -0.15) is 0 Å². The Morgan fingerprint density at radius 3 is 1.67 bits per heavy atom. The molecule has 0 amide bonds. The van der Waals surface area contributed by atoms with E-state index in [0.717, 1.165) is 11.4 Å². The molecule has 0 fully saturated rings. The number of aliphatic hydroxyl groups excluding tert-OH is 1. The van der Waals surface area contributed by atoms with Gasteiger partial charge < -0.3 is 5.11 Å². The van der Waals surface area contributed by atoms with Crippen molar-refractivity contribution in [2.75, 3.05) is 11.9 Å². The summed E-state index contributed by atoms with van der Waals surface area (Å²) in [5.74, 6) is 0. The van der Waals surface area contributed by atoms with E-state index in [1.807, 2.05) is 0 Å². The minimum atomic E-state index is -2.07. The van der Waals surface area contributed by atoms with Crippen LogP contribution in [0, 0.1) is 0 Å². The van der Waals surface area contributed by atoms with Crippen LogP contribution in [0.3, 0.4) is 0 Å². The Kier molecular flexibility index (Phi) is 5.41. The lowest BCUT2D eigenvalue weighted by Gasteiger charge is -2.45. The Morgan fingerprint density at radius 2 is 1.33 bits per heavy atom. The largest absolute Gasteiger partial charge is 0.397 e. The molecule has 0 saturated carbocycles. The minimum Gasteiger partial charge on any atom is -0.397 e. The van der Waals surface area contributed by atoms with Gasteiger partial charge in [0.15, 0.2) is 0 Å². The van der Waals surface area contributed by atoms with E-state index in [0.29, 0.717) is 0 Å². The second-order valence-electron chi connectivity index (χ2n) is 6.13. The third-order valence-corrected chi connectivity index (χ3v) is 12.5. The summed E-state index contributed by atoms with van der Waals surface area (Å²) in [6, 6.07) is 22.4. The lowest BCUT2D eigenvalue weighted by molar-refractivity contribution is 0.315. The highest BCUT2D eigenvalue weighted by atomic mass is 79.9. The van der Waals surface area contributed by atoms with Crippen LogP contribution in [0.25, 0.3) is 0 Å². The van der Waals surface area contributed by atoms with Gasteiger partial charge in [-0.1, -0.05) is 101 Å². The first-order valence-electron chi connectivity index (χ1n) is 7.36. The van der Waals surface area contributed by atoms with Gasteiger partial charge in [0.05, 0.1) is 0 Å². The van der Waals surface area contributed by atoms with E-state index in [4.69, 9.17) is 0 Å². The SMILES string of the molecule is CC(C)(CBr)[Si](CCO)(c1ccccc1)c1ccccc1. The summed E-state index contributed by atoms with van der Waals surface area (Å²) in [7, 11) is -2.07. The number of alkyl halides is 1. The normalized spacial score (nSPS) is 12.4. The predicted molar refractivity (Wildman–Crippen MR) is 97.6 cm³/mol. The fourth-order valence-electron chi connectivity index (χ4n) is 3.30. The van der Waals surface area contributed by atoms with E-state index in [1.54, 1.807) is 0 Å². The molecular weight excluding hydrogens is 340 g/mol. The van der Waals surface area contributed by atoms with E-state index in [-0.39, 0.29) is 11.6 Å². The molecule has 2 aromatic carbocycles. The van der Waals surface area contributed by atoms with Gasteiger partial charge in [0, 0.05) is 11.9 Å². The van der Waals surface area contributed by atoms with Gasteiger partial charge in [-0.3, -0.25) is 0 Å². The van der Waals surface area contributed by atoms with Crippen LogP contribution < -0.4 is 10.4 Å². The molecule has 2 aromatic rings. The van der Waals surface area contributed by atoms with Gasteiger partial charge >= 0.3 is 0 Å². The monoisotopic (exact) mass is 362 g/mol. The van der Waals surface area contributed by atoms with Crippen LogP contribution in [0.1, 0.15) is 13.8 Å². The predicted octanol–water partition coefficient (Wildman–Crippen LogP) is 3.42. The molecule has 0 saturated heterocycles. The molecule has 0 radical (unpaired) electrons. The number of benzene rings is 2. The second kappa shape index (κ2) is 6.90. The van der Waals surface area contributed by atoms with Crippen LogP contribution in [0.5, 0.6) is 0 Å². The molecule has 2 rings (SSSR count). The van der Waals surface area contributed by atoms with Crippen molar-refractivity contribution in [3.63, 3.8) is 0 Å². The van der Waals surface area contributed by atoms with Crippen molar-refractivity contribution in [3.8, 4) is 0 Å². The molecule has 0 spiro atoms. The molecule has 112 valence electrons. The molecule has 0 aromatic heterocycles. The van der Waals surface area contributed by atoms with E-state index in [1.165, 1.54) is 10.4 Å². The van der Waals surface area contributed by atoms with E-state index >= 15 is 0 Å². The number of hydrogen-bond donors (Lipinski definition) is 1. The molecule has 0 heterocycles. The maximum Gasteiger partial charge on any atom is 0.126 e. The van der Waals surface area contributed by atoms with Crippen molar-refractivity contribution in [2.45, 2.75) is 24.9 Å². The third kappa shape index (κ3) is 3.01. The summed E-state index contributed by atoms with van der Waals surface area (Å²) in [5, 5.41) is 13.6. The van der Waals surface area contributed by atoms with Gasteiger partial charge in [-0.15, -0.1) is 0 Å². The van der Waals surface area contributed by atoms with Crippen molar-refractivity contribution >= 4 is 34.4 Å². The summed E-state index contributed by atoms with van der Waals surface area (Å²) in [6.45, 7) is 4.87. The summed E-state index contributed by atoms with van der Waals surface area (Å²) < 4.78 is 0. The van der Waals surface area contributed by atoms with Gasteiger partial charge in [0.25, 0.3) is 0 Å². The topological polar surface area (TPSA) is 20.2 Å². The van der Waals surface area contributed by atoms with Crippen LogP contribution in [0.15, 0.2) is 60.7 Å². The molecule has 0 atom stereocenters. The van der Waals surface area contributed by atoms with Gasteiger partial charge in [-0.25, -0.2) is 0 Å². The summed E-state index contributed by atoms with van der Waals surface area (Å²) in [6.07, 6.45) is 0. The molecular formula is C18H23BrOSi. The van der Waals surface area contributed by atoms with Gasteiger partial charge in [0.2, 0.25) is 0 Å². The first kappa shape index (κ1) is 16.5. The molecule has 0 aliphatic carbocycles. The van der Waals surface area contributed by atoms with Crippen molar-refractivity contribution in [3.05, 3.63) is 60.7 Å². The fraction of sp³-hybridized carbons (Fsp3) is 0.333. The number of halogens is 1. The van der Waals surface area contributed by atoms with E-state index in [9.17, 15) is 5.11 Å². The molecule has 21 heavy (non-hydrogen) atoms. The zero-order valence-electron chi connectivity index (χ0n) is 12.7. The lowest BCUT2D eigenvalue weighted by atomic mass is 10.2. The Hall–Kier alpha value is -0.903. The Labute approximate surface area is 137 Å². The highest BCUT2D eigenvalue weighted by Crippen LogP contribution is 2.40. The first-order valence-corrected chi connectivity index (χ1v) is 10.7. The first-order chi connectivity index (χ1) is 10.1. The van der Waals surface area contributed by atoms with Gasteiger partial charge in [-0.05, 0) is 11.1 Å².